The molecule has 0 rings (SSSR count). The molecule has 0 unspecified atom stereocenters. The van der Waals surface area contributed by atoms with Gasteiger partial charge in [0, 0.05) is 19.8 Å². The lowest BCUT2D eigenvalue weighted by Crippen LogP contribution is -2.41. The fourth-order valence-electron chi connectivity index (χ4n) is 0.620. The third kappa shape index (κ3) is 8.22. The third-order valence-electron chi connectivity index (χ3n) is 1.23. The van der Waals surface area contributed by atoms with Crippen molar-refractivity contribution in [1.29, 1.82) is 0 Å². The van der Waals surface area contributed by atoms with Crippen molar-refractivity contribution in [3.8, 4) is 0 Å². The Morgan fingerprint density at radius 1 is 1.00 bits per heavy atom. The molecule has 15 heavy (non-hydrogen) atoms. The maximum Gasteiger partial charge on any atom is 0.238 e. The van der Waals surface area contributed by atoms with Crippen LogP contribution >= 0.6 is 0 Å². The summed E-state index contributed by atoms with van der Waals surface area (Å²) >= 11 is 0. The molecule has 0 atom stereocenters. The van der Waals surface area contributed by atoms with Crippen molar-refractivity contribution in [2.45, 2.75) is 19.8 Å². The molecule has 4 amide bonds. The van der Waals surface area contributed by atoms with Gasteiger partial charge >= 0.3 is 0 Å². The number of hydrogen-bond donors (Lipinski definition) is 4. The topological polar surface area (TPSA) is 116 Å². The second-order valence-electron chi connectivity index (χ2n) is 2.54. The van der Waals surface area contributed by atoms with Crippen molar-refractivity contribution in [3.05, 3.63) is 0 Å². The Labute approximate surface area is 85.7 Å². The number of nitrogens with one attached hydrogen (secondary N) is 4. The first-order chi connectivity index (χ1) is 7.06. The number of amides is 4. The van der Waals surface area contributed by atoms with Crippen LogP contribution in [0.15, 0.2) is 0 Å². The van der Waals surface area contributed by atoms with E-state index in [-0.39, 0.29) is 12.8 Å². The summed E-state index contributed by atoms with van der Waals surface area (Å²) in [5.41, 5.74) is 8.12. The van der Waals surface area contributed by atoms with Crippen molar-refractivity contribution < 1.29 is 19.2 Å². The summed E-state index contributed by atoms with van der Waals surface area (Å²) in [6, 6.07) is 0. The zero-order chi connectivity index (χ0) is 11.7. The van der Waals surface area contributed by atoms with Crippen molar-refractivity contribution >= 4 is 24.1 Å². The van der Waals surface area contributed by atoms with Gasteiger partial charge in [0.1, 0.15) is 0 Å². The molecule has 0 radical (unpaired) electrons. The fraction of sp³-hybridized carbons (Fsp3) is 0.429. The van der Waals surface area contributed by atoms with E-state index in [1.807, 2.05) is 10.9 Å². The lowest BCUT2D eigenvalue weighted by molar-refractivity contribution is -0.130. The zero-order valence-corrected chi connectivity index (χ0v) is 8.12. The first-order valence-corrected chi connectivity index (χ1v) is 4.09. The highest BCUT2D eigenvalue weighted by Crippen LogP contribution is 1.86. The van der Waals surface area contributed by atoms with Crippen LogP contribution in [0.3, 0.4) is 0 Å². The summed E-state index contributed by atoms with van der Waals surface area (Å²) in [6.07, 6.45) is 0.119. The van der Waals surface area contributed by atoms with Gasteiger partial charge in [0.2, 0.25) is 24.1 Å². The summed E-state index contributed by atoms with van der Waals surface area (Å²) in [6.45, 7) is 1.24. The van der Waals surface area contributed by atoms with E-state index in [1.165, 1.54) is 6.92 Å². The Kier molecular flexibility index (Phi) is 6.27. The maximum atomic E-state index is 10.9. The molecule has 0 saturated carbocycles. The highest BCUT2D eigenvalue weighted by Gasteiger charge is 2.05. The van der Waals surface area contributed by atoms with Crippen LogP contribution in [-0.2, 0) is 19.2 Å². The molecule has 0 spiro atoms. The summed E-state index contributed by atoms with van der Waals surface area (Å²) < 4.78 is 0. The van der Waals surface area contributed by atoms with Crippen molar-refractivity contribution in [1.82, 2.24) is 21.7 Å². The van der Waals surface area contributed by atoms with E-state index < -0.39 is 17.7 Å². The van der Waals surface area contributed by atoms with E-state index in [0.717, 1.165) is 0 Å². The van der Waals surface area contributed by atoms with Crippen LogP contribution in [0.5, 0.6) is 0 Å². The molecule has 0 aromatic carbocycles. The average Bonchev–Trinajstić information content (AvgIpc) is 2.20. The summed E-state index contributed by atoms with van der Waals surface area (Å²) in [4.78, 5) is 41.9. The molecule has 8 nitrogen and oxygen atoms in total. The van der Waals surface area contributed by atoms with Gasteiger partial charge in [-0.2, -0.15) is 0 Å². The molecule has 4 N–H and O–H groups in total. The van der Waals surface area contributed by atoms with Crippen LogP contribution in [0, 0.1) is 0 Å². The van der Waals surface area contributed by atoms with E-state index in [4.69, 9.17) is 0 Å². The van der Waals surface area contributed by atoms with Gasteiger partial charge in [0.15, 0.2) is 0 Å². The SMILES string of the molecule is CC(=O)NNC(=O)CCC(=O)NNC=O. The molecular weight excluding hydrogens is 204 g/mol. The molecule has 0 heterocycles. The smallest absolute Gasteiger partial charge is 0.238 e. The van der Waals surface area contributed by atoms with Crippen LogP contribution < -0.4 is 21.7 Å². The second-order valence-corrected chi connectivity index (χ2v) is 2.54. The predicted molar refractivity (Wildman–Crippen MR) is 48.5 cm³/mol. The van der Waals surface area contributed by atoms with E-state index >= 15 is 0 Å². The van der Waals surface area contributed by atoms with Gasteiger partial charge < -0.3 is 0 Å². The number of carbonyl (C=O) groups is 4. The molecule has 8 heteroatoms. The molecule has 0 aromatic heterocycles. The highest BCUT2D eigenvalue weighted by atomic mass is 16.2. The van der Waals surface area contributed by atoms with Crippen LogP contribution in [0.2, 0.25) is 0 Å². The third-order valence-corrected chi connectivity index (χ3v) is 1.23. The molecule has 0 aromatic rings. The molecule has 0 aliphatic heterocycles. The lowest BCUT2D eigenvalue weighted by atomic mass is 10.3. The van der Waals surface area contributed by atoms with E-state index in [0.29, 0.717) is 6.41 Å². The minimum absolute atomic E-state index is 0.0906. The van der Waals surface area contributed by atoms with Gasteiger partial charge in [0.25, 0.3) is 0 Å². The normalized spacial score (nSPS) is 8.60. The van der Waals surface area contributed by atoms with Crippen molar-refractivity contribution in [3.63, 3.8) is 0 Å². The number of rotatable bonds is 5. The van der Waals surface area contributed by atoms with Gasteiger partial charge in [-0.3, -0.25) is 40.9 Å². The maximum absolute atomic E-state index is 10.9. The Hall–Kier alpha value is -2.12. The van der Waals surface area contributed by atoms with Crippen LogP contribution in [0.1, 0.15) is 19.8 Å². The minimum Gasteiger partial charge on any atom is -0.277 e. The zero-order valence-electron chi connectivity index (χ0n) is 8.12. The Morgan fingerprint density at radius 3 is 2.00 bits per heavy atom. The molecule has 0 fully saturated rings. The van der Waals surface area contributed by atoms with Gasteiger partial charge in [-0.1, -0.05) is 0 Å². The van der Waals surface area contributed by atoms with E-state index in [2.05, 4.69) is 10.9 Å². The highest BCUT2D eigenvalue weighted by molar-refractivity contribution is 5.85. The Bertz CT molecular complexity index is 266. The molecular formula is C7H12N4O4. The largest absolute Gasteiger partial charge is 0.277 e. The predicted octanol–water partition coefficient (Wildman–Crippen LogP) is -2.29. The summed E-state index contributed by atoms with van der Waals surface area (Å²) in [5.74, 6) is -1.40. The van der Waals surface area contributed by atoms with Crippen molar-refractivity contribution in [2.24, 2.45) is 0 Å². The number of hydrazine groups is 2. The molecule has 0 aliphatic rings. The summed E-state index contributed by atoms with van der Waals surface area (Å²) in [5, 5.41) is 0. The van der Waals surface area contributed by atoms with Crippen LogP contribution in [0.4, 0.5) is 0 Å². The van der Waals surface area contributed by atoms with Gasteiger partial charge in [-0.05, 0) is 0 Å². The summed E-state index contributed by atoms with van der Waals surface area (Å²) in [7, 11) is 0. The van der Waals surface area contributed by atoms with Crippen molar-refractivity contribution in [2.75, 3.05) is 0 Å². The lowest BCUT2D eigenvalue weighted by Gasteiger charge is -2.04. The van der Waals surface area contributed by atoms with E-state index in [1.54, 1.807) is 0 Å². The van der Waals surface area contributed by atoms with E-state index in [9.17, 15) is 19.2 Å². The molecule has 84 valence electrons. The second kappa shape index (κ2) is 7.30. The minimum atomic E-state index is -0.500. The van der Waals surface area contributed by atoms with Crippen LogP contribution in [0.25, 0.3) is 0 Å². The molecule has 0 aliphatic carbocycles. The van der Waals surface area contributed by atoms with Gasteiger partial charge in [0.05, 0.1) is 0 Å². The fourth-order valence-corrected chi connectivity index (χ4v) is 0.620. The Morgan fingerprint density at radius 2 is 1.53 bits per heavy atom. The first-order valence-electron chi connectivity index (χ1n) is 4.09. The van der Waals surface area contributed by atoms with Crippen LogP contribution in [-0.4, -0.2) is 24.1 Å². The number of carbonyl (C=O) groups excluding carboxylic acids is 4. The quantitative estimate of drug-likeness (QED) is 0.306. The molecule has 0 bridgehead atoms. The first kappa shape index (κ1) is 12.9. The number of hydrogen-bond acceptors (Lipinski definition) is 4. The standard InChI is InChI=1S/C7H12N4O4/c1-5(13)9-11-7(15)3-2-6(14)10-8-4-12/h4H,2-3H2,1H3,(H,8,12)(H,9,13)(H,10,14)(H,11,15). The Balaban J connectivity index is 3.57. The monoisotopic (exact) mass is 216 g/mol. The van der Waals surface area contributed by atoms with Gasteiger partial charge in [-0.15, -0.1) is 0 Å². The molecule has 0 saturated heterocycles. The van der Waals surface area contributed by atoms with Gasteiger partial charge in [-0.25, -0.2) is 0 Å². The average molecular weight is 216 g/mol.